The zero-order valence-corrected chi connectivity index (χ0v) is 14.1. The zero-order valence-electron chi connectivity index (χ0n) is 14.1. The van der Waals surface area contributed by atoms with Gasteiger partial charge in [-0.1, -0.05) is 36.3 Å². The van der Waals surface area contributed by atoms with Crippen LogP contribution in [0.25, 0.3) is 0 Å². The fourth-order valence-corrected chi connectivity index (χ4v) is 2.45. The van der Waals surface area contributed by atoms with E-state index in [2.05, 4.69) is 31.1 Å². The normalized spacial score (nSPS) is 25.0. The van der Waals surface area contributed by atoms with Gasteiger partial charge in [-0.25, -0.2) is 0 Å². The molecule has 0 aromatic carbocycles. The summed E-state index contributed by atoms with van der Waals surface area (Å²) in [7, 11) is 0. The van der Waals surface area contributed by atoms with Gasteiger partial charge in [-0.05, 0) is 45.6 Å². The molecule has 0 aromatic rings. The first-order chi connectivity index (χ1) is 10.5. The lowest BCUT2D eigenvalue weighted by molar-refractivity contribution is -0.144. The number of hydroxylamine groups is 1. The summed E-state index contributed by atoms with van der Waals surface area (Å²) in [6, 6.07) is 0.102. The highest BCUT2D eigenvalue weighted by molar-refractivity contribution is 5.66. The van der Waals surface area contributed by atoms with Crippen molar-refractivity contribution >= 4 is 5.97 Å². The first-order valence-corrected chi connectivity index (χ1v) is 8.04. The molecule has 0 aliphatic carbocycles. The van der Waals surface area contributed by atoms with Crippen LogP contribution in [-0.4, -0.2) is 24.7 Å². The molecule has 4 nitrogen and oxygen atoms in total. The molecule has 0 aromatic heterocycles. The highest BCUT2D eigenvalue weighted by Gasteiger charge is 2.12. The first-order valence-electron chi connectivity index (χ1n) is 8.04. The molecule has 0 saturated heterocycles. The van der Waals surface area contributed by atoms with E-state index in [-0.39, 0.29) is 18.1 Å². The third-order valence-corrected chi connectivity index (χ3v) is 3.52. The van der Waals surface area contributed by atoms with Gasteiger partial charge in [-0.15, -0.1) is 0 Å². The largest absolute Gasteiger partial charge is 0.458 e. The van der Waals surface area contributed by atoms with Gasteiger partial charge < -0.3 is 9.57 Å². The number of nitrogens with one attached hydrogen (secondary N) is 1. The fourth-order valence-electron chi connectivity index (χ4n) is 2.45. The number of hydrogen-bond acceptors (Lipinski definition) is 4. The number of esters is 1. The standard InChI is InChI=1S/C18H29NO3/c1-14(2)13-15(3)18-11-8-10-17(22-16(4)20)9-6-5-7-12-21-19-18/h8,10,13,17-19H,1,5-7,9,11-12H2,2-4H3/b10-8?,15-13-. The number of hydrogen-bond donors (Lipinski definition) is 1. The molecular formula is C18H29NO3. The average Bonchev–Trinajstić information content (AvgIpc) is 2.40. The van der Waals surface area contributed by atoms with Crippen LogP contribution < -0.4 is 5.48 Å². The number of allylic oxidation sites excluding steroid dienone is 2. The second kappa shape index (κ2) is 10.4. The van der Waals surface area contributed by atoms with Crippen LogP contribution in [0, 0.1) is 0 Å². The Labute approximate surface area is 134 Å². The Morgan fingerprint density at radius 2 is 2.09 bits per heavy atom. The van der Waals surface area contributed by atoms with Crippen LogP contribution >= 0.6 is 0 Å². The molecule has 2 unspecified atom stereocenters. The van der Waals surface area contributed by atoms with Crippen LogP contribution in [0.4, 0.5) is 0 Å². The third-order valence-electron chi connectivity index (χ3n) is 3.52. The van der Waals surface area contributed by atoms with Crippen LogP contribution in [0.2, 0.25) is 0 Å². The first kappa shape index (κ1) is 18.7. The minimum absolute atomic E-state index is 0.102. The van der Waals surface area contributed by atoms with Gasteiger partial charge in [0.1, 0.15) is 6.10 Å². The molecule has 1 heterocycles. The Balaban J connectivity index is 2.74. The summed E-state index contributed by atoms with van der Waals surface area (Å²) in [6.45, 7) is 10.1. The quantitative estimate of drug-likeness (QED) is 0.489. The maximum Gasteiger partial charge on any atom is 0.303 e. The SMILES string of the molecule is C=C(C)/C=C(/C)C1CC=CC(OC(C)=O)CCCCCON1. The Kier molecular flexibility index (Phi) is 8.78. The van der Waals surface area contributed by atoms with Gasteiger partial charge in [0.2, 0.25) is 0 Å². The van der Waals surface area contributed by atoms with E-state index in [1.165, 1.54) is 12.5 Å². The molecule has 124 valence electrons. The highest BCUT2D eigenvalue weighted by atomic mass is 16.6. The molecule has 1 aliphatic heterocycles. The number of carbonyl (C=O) groups excluding carboxylic acids is 1. The van der Waals surface area contributed by atoms with Crippen LogP contribution in [0.15, 0.2) is 36.0 Å². The van der Waals surface area contributed by atoms with E-state index in [9.17, 15) is 4.79 Å². The van der Waals surface area contributed by atoms with Crippen molar-refractivity contribution in [3.63, 3.8) is 0 Å². The van der Waals surface area contributed by atoms with Crippen molar-refractivity contribution in [2.24, 2.45) is 0 Å². The lowest BCUT2D eigenvalue weighted by Crippen LogP contribution is -2.30. The topological polar surface area (TPSA) is 47.6 Å². The summed E-state index contributed by atoms with van der Waals surface area (Å²) in [4.78, 5) is 16.7. The molecule has 2 atom stereocenters. The summed E-state index contributed by atoms with van der Waals surface area (Å²) < 4.78 is 5.35. The Hall–Kier alpha value is -1.39. The number of rotatable bonds is 3. The molecule has 1 rings (SSSR count). The lowest BCUT2D eigenvalue weighted by Gasteiger charge is -2.20. The fraction of sp³-hybridized carbons (Fsp3) is 0.611. The summed E-state index contributed by atoms with van der Waals surface area (Å²) in [5.74, 6) is -0.224. The van der Waals surface area contributed by atoms with Gasteiger partial charge in [0.05, 0.1) is 12.6 Å². The van der Waals surface area contributed by atoms with Gasteiger partial charge >= 0.3 is 5.97 Å². The second-order valence-electron chi connectivity index (χ2n) is 5.91. The average molecular weight is 307 g/mol. The Bertz CT molecular complexity index is 426. The van der Waals surface area contributed by atoms with Crippen molar-refractivity contribution < 1.29 is 14.4 Å². The molecule has 0 spiro atoms. The molecular weight excluding hydrogens is 278 g/mol. The minimum atomic E-state index is -0.224. The second-order valence-corrected chi connectivity index (χ2v) is 5.91. The molecule has 1 N–H and O–H groups in total. The molecule has 0 radical (unpaired) electrons. The predicted molar refractivity (Wildman–Crippen MR) is 89.2 cm³/mol. The molecule has 4 heteroatoms. The van der Waals surface area contributed by atoms with E-state index in [0.29, 0.717) is 6.61 Å². The molecule has 0 saturated carbocycles. The maximum atomic E-state index is 11.2. The van der Waals surface area contributed by atoms with E-state index < -0.39 is 0 Å². The third kappa shape index (κ3) is 8.15. The van der Waals surface area contributed by atoms with Crippen molar-refractivity contribution in [3.8, 4) is 0 Å². The lowest BCUT2D eigenvalue weighted by atomic mass is 10.0. The molecule has 0 bridgehead atoms. The van der Waals surface area contributed by atoms with E-state index in [4.69, 9.17) is 9.57 Å². The summed E-state index contributed by atoms with van der Waals surface area (Å²) in [5, 5.41) is 0. The van der Waals surface area contributed by atoms with Gasteiger partial charge in [-0.2, -0.15) is 5.48 Å². The van der Waals surface area contributed by atoms with Crippen molar-refractivity contribution in [1.82, 2.24) is 5.48 Å². The number of ether oxygens (including phenoxy) is 1. The van der Waals surface area contributed by atoms with Crippen LogP contribution in [-0.2, 0) is 14.4 Å². The van der Waals surface area contributed by atoms with E-state index in [1.54, 1.807) is 0 Å². The van der Waals surface area contributed by atoms with Gasteiger partial charge in [0, 0.05) is 6.92 Å². The summed E-state index contributed by atoms with van der Waals surface area (Å²) in [6.07, 6.45) is 10.7. The van der Waals surface area contributed by atoms with Crippen LogP contribution in [0.5, 0.6) is 0 Å². The molecule has 1 aliphatic rings. The summed E-state index contributed by atoms with van der Waals surface area (Å²) >= 11 is 0. The van der Waals surface area contributed by atoms with Crippen LogP contribution in [0.3, 0.4) is 0 Å². The van der Waals surface area contributed by atoms with Crippen molar-refractivity contribution in [3.05, 3.63) is 36.0 Å². The molecule has 0 amide bonds. The monoisotopic (exact) mass is 307 g/mol. The van der Waals surface area contributed by atoms with E-state index in [1.807, 2.05) is 13.0 Å². The Morgan fingerprint density at radius 3 is 2.77 bits per heavy atom. The van der Waals surface area contributed by atoms with Crippen molar-refractivity contribution in [1.29, 1.82) is 0 Å². The van der Waals surface area contributed by atoms with Crippen LogP contribution in [0.1, 0.15) is 52.9 Å². The van der Waals surface area contributed by atoms with Crippen molar-refractivity contribution in [2.75, 3.05) is 6.61 Å². The predicted octanol–water partition coefficient (Wildman–Crippen LogP) is 3.85. The molecule has 22 heavy (non-hydrogen) atoms. The minimum Gasteiger partial charge on any atom is -0.458 e. The van der Waals surface area contributed by atoms with Crippen molar-refractivity contribution in [2.45, 2.75) is 65.0 Å². The molecule has 0 fully saturated rings. The van der Waals surface area contributed by atoms with E-state index >= 15 is 0 Å². The van der Waals surface area contributed by atoms with Gasteiger partial charge in [0.25, 0.3) is 0 Å². The smallest absolute Gasteiger partial charge is 0.303 e. The Morgan fingerprint density at radius 1 is 1.32 bits per heavy atom. The van der Waals surface area contributed by atoms with E-state index in [0.717, 1.165) is 37.7 Å². The summed E-state index contributed by atoms with van der Waals surface area (Å²) in [5.41, 5.74) is 5.33. The van der Waals surface area contributed by atoms with Gasteiger partial charge in [-0.3, -0.25) is 4.79 Å². The highest BCUT2D eigenvalue weighted by Crippen LogP contribution is 2.14. The zero-order chi connectivity index (χ0) is 16.4. The van der Waals surface area contributed by atoms with Gasteiger partial charge in [0.15, 0.2) is 0 Å². The number of carbonyl (C=O) groups is 1. The maximum absolute atomic E-state index is 11.2.